The molecule has 1 N–H and O–H groups in total. The predicted molar refractivity (Wildman–Crippen MR) is 69.7 cm³/mol. The van der Waals surface area contributed by atoms with Crippen LogP contribution in [0.5, 0.6) is 0 Å². The van der Waals surface area contributed by atoms with Crippen molar-refractivity contribution in [3.05, 3.63) is 12.2 Å². The Morgan fingerprint density at radius 1 is 1.18 bits per heavy atom. The second kappa shape index (κ2) is 6.58. The second-order valence-corrected chi connectivity index (χ2v) is 5.13. The molecule has 0 aliphatic heterocycles. The van der Waals surface area contributed by atoms with E-state index in [2.05, 4.69) is 22.7 Å². The highest BCUT2D eigenvalue weighted by atomic mass is 16.2. The Morgan fingerprint density at radius 3 is 2.71 bits per heavy atom. The van der Waals surface area contributed by atoms with Crippen LogP contribution in [0, 0.1) is 11.8 Å². The van der Waals surface area contributed by atoms with E-state index in [-0.39, 0.29) is 11.8 Å². The van der Waals surface area contributed by atoms with Gasteiger partial charge in [0.25, 0.3) is 0 Å². The minimum atomic E-state index is 0.118. The lowest BCUT2D eigenvalue weighted by atomic mass is 9.89. The summed E-state index contributed by atoms with van der Waals surface area (Å²) in [7, 11) is 0. The molecule has 0 aromatic rings. The normalized spacial score (nSPS) is 26.2. The lowest BCUT2D eigenvalue weighted by molar-refractivity contribution is -0.125. The number of amides is 1. The van der Waals surface area contributed by atoms with Gasteiger partial charge in [0, 0.05) is 12.1 Å². The maximum Gasteiger partial charge on any atom is 0.243 e. The SMILES string of the molecule is O=C(NN=CC1CC=CCC1)C1CCCCC1. The summed E-state index contributed by atoms with van der Waals surface area (Å²) in [5, 5.41) is 4.11. The van der Waals surface area contributed by atoms with E-state index in [1.807, 2.05) is 6.21 Å². The van der Waals surface area contributed by atoms with E-state index >= 15 is 0 Å². The molecule has 0 aromatic carbocycles. The number of nitrogens with zero attached hydrogens (tertiary/aromatic N) is 1. The van der Waals surface area contributed by atoms with Crippen molar-refractivity contribution in [2.24, 2.45) is 16.9 Å². The average Bonchev–Trinajstić information content (AvgIpc) is 2.41. The molecule has 1 saturated carbocycles. The number of carbonyl (C=O) groups is 1. The number of hydrogen-bond donors (Lipinski definition) is 1. The van der Waals surface area contributed by atoms with Crippen LogP contribution in [0.3, 0.4) is 0 Å². The van der Waals surface area contributed by atoms with Crippen LogP contribution in [0.25, 0.3) is 0 Å². The molecule has 0 aromatic heterocycles. The van der Waals surface area contributed by atoms with Crippen molar-refractivity contribution < 1.29 is 4.79 Å². The van der Waals surface area contributed by atoms with Crippen LogP contribution in [0.4, 0.5) is 0 Å². The highest BCUT2D eigenvalue weighted by molar-refractivity contribution is 5.79. The largest absolute Gasteiger partial charge is 0.273 e. The smallest absolute Gasteiger partial charge is 0.243 e. The molecule has 3 nitrogen and oxygen atoms in total. The Hall–Kier alpha value is -1.12. The number of rotatable bonds is 3. The third-order valence-corrected chi connectivity index (χ3v) is 3.75. The van der Waals surface area contributed by atoms with Crippen LogP contribution in [0.15, 0.2) is 17.3 Å². The van der Waals surface area contributed by atoms with E-state index in [9.17, 15) is 4.79 Å². The quantitative estimate of drug-likeness (QED) is 0.455. The van der Waals surface area contributed by atoms with Gasteiger partial charge in [0.15, 0.2) is 0 Å². The van der Waals surface area contributed by atoms with Crippen LogP contribution in [-0.2, 0) is 4.79 Å². The first kappa shape index (κ1) is 12.3. The summed E-state index contributed by atoms with van der Waals surface area (Å²) in [6.07, 6.45) is 15.4. The first-order chi connectivity index (χ1) is 8.36. The summed E-state index contributed by atoms with van der Waals surface area (Å²) in [5.74, 6) is 0.825. The van der Waals surface area contributed by atoms with Crippen molar-refractivity contribution >= 4 is 12.1 Å². The minimum absolute atomic E-state index is 0.118. The van der Waals surface area contributed by atoms with Gasteiger partial charge in [-0.3, -0.25) is 4.79 Å². The summed E-state index contributed by atoms with van der Waals surface area (Å²) in [5.41, 5.74) is 2.71. The van der Waals surface area contributed by atoms with E-state index < -0.39 is 0 Å². The zero-order chi connectivity index (χ0) is 11.9. The molecule has 2 rings (SSSR count). The molecule has 3 heteroatoms. The van der Waals surface area contributed by atoms with Gasteiger partial charge in [0.1, 0.15) is 0 Å². The number of allylic oxidation sites excluding steroid dienone is 2. The molecule has 0 bridgehead atoms. The molecule has 1 fully saturated rings. The topological polar surface area (TPSA) is 41.5 Å². The molecule has 0 radical (unpaired) electrons. The number of nitrogens with one attached hydrogen (secondary N) is 1. The van der Waals surface area contributed by atoms with Crippen molar-refractivity contribution in [1.82, 2.24) is 5.43 Å². The molecular weight excluding hydrogens is 212 g/mol. The molecule has 94 valence electrons. The van der Waals surface area contributed by atoms with Crippen LogP contribution < -0.4 is 5.43 Å². The Bertz CT molecular complexity index is 303. The Kier molecular flexibility index (Phi) is 4.77. The minimum Gasteiger partial charge on any atom is -0.273 e. The molecule has 0 saturated heterocycles. The van der Waals surface area contributed by atoms with Gasteiger partial charge in [0.05, 0.1) is 0 Å². The molecule has 17 heavy (non-hydrogen) atoms. The van der Waals surface area contributed by atoms with E-state index in [0.717, 1.165) is 32.1 Å². The molecule has 0 spiro atoms. The fraction of sp³-hybridized carbons (Fsp3) is 0.714. The highest BCUT2D eigenvalue weighted by Gasteiger charge is 2.20. The zero-order valence-corrected chi connectivity index (χ0v) is 10.4. The van der Waals surface area contributed by atoms with Crippen molar-refractivity contribution in [3.8, 4) is 0 Å². The van der Waals surface area contributed by atoms with E-state index in [0.29, 0.717) is 5.92 Å². The summed E-state index contributed by atoms with van der Waals surface area (Å²) >= 11 is 0. The number of carbonyl (C=O) groups excluding carboxylic acids is 1. The Morgan fingerprint density at radius 2 is 2.00 bits per heavy atom. The van der Waals surface area contributed by atoms with Gasteiger partial charge in [-0.2, -0.15) is 5.10 Å². The number of hydrogen-bond acceptors (Lipinski definition) is 2. The summed E-state index contributed by atoms with van der Waals surface area (Å²) in [4.78, 5) is 11.8. The van der Waals surface area contributed by atoms with Gasteiger partial charge < -0.3 is 0 Å². The molecule has 2 aliphatic rings. The van der Waals surface area contributed by atoms with Gasteiger partial charge in [0.2, 0.25) is 5.91 Å². The first-order valence-electron chi connectivity index (χ1n) is 6.84. The van der Waals surface area contributed by atoms with Crippen molar-refractivity contribution in [1.29, 1.82) is 0 Å². The van der Waals surface area contributed by atoms with E-state index in [1.165, 1.54) is 19.3 Å². The van der Waals surface area contributed by atoms with Crippen LogP contribution >= 0.6 is 0 Å². The molecular formula is C14H22N2O. The number of hydrazone groups is 1. The maximum atomic E-state index is 11.8. The van der Waals surface area contributed by atoms with Gasteiger partial charge in [-0.15, -0.1) is 0 Å². The monoisotopic (exact) mass is 234 g/mol. The highest BCUT2D eigenvalue weighted by Crippen LogP contribution is 2.23. The molecule has 1 unspecified atom stereocenters. The fourth-order valence-corrected chi connectivity index (χ4v) is 2.61. The van der Waals surface area contributed by atoms with Crippen LogP contribution in [0.1, 0.15) is 51.4 Å². The van der Waals surface area contributed by atoms with E-state index in [4.69, 9.17) is 0 Å². The molecule has 0 heterocycles. The molecule has 1 atom stereocenters. The standard InChI is InChI=1S/C14H22N2O/c17-14(13-9-5-2-6-10-13)16-15-11-12-7-3-1-4-8-12/h1,3,11-13H,2,4-10H2,(H,16,17). The van der Waals surface area contributed by atoms with Crippen molar-refractivity contribution in [2.75, 3.05) is 0 Å². The first-order valence-corrected chi connectivity index (χ1v) is 6.84. The van der Waals surface area contributed by atoms with E-state index in [1.54, 1.807) is 0 Å². The second-order valence-electron chi connectivity index (χ2n) is 5.13. The van der Waals surface area contributed by atoms with Crippen molar-refractivity contribution in [3.63, 3.8) is 0 Å². The van der Waals surface area contributed by atoms with Crippen molar-refractivity contribution in [2.45, 2.75) is 51.4 Å². The van der Waals surface area contributed by atoms with Gasteiger partial charge in [-0.1, -0.05) is 31.4 Å². The van der Waals surface area contributed by atoms with Crippen LogP contribution in [-0.4, -0.2) is 12.1 Å². The fourth-order valence-electron chi connectivity index (χ4n) is 2.61. The van der Waals surface area contributed by atoms with Gasteiger partial charge >= 0.3 is 0 Å². The summed E-state index contributed by atoms with van der Waals surface area (Å²) in [6.45, 7) is 0. The van der Waals surface area contributed by atoms with Gasteiger partial charge in [-0.05, 0) is 38.0 Å². The Labute approximate surface area is 103 Å². The summed E-state index contributed by atoms with van der Waals surface area (Å²) < 4.78 is 0. The third kappa shape index (κ3) is 3.99. The molecule has 1 amide bonds. The maximum absolute atomic E-state index is 11.8. The third-order valence-electron chi connectivity index (χ3n) is 3.75. The van der Waals surface area contributed by atoms with Gasteiger partial charge in [-0.25, -0.2) is 5.43 Å². The predicted octanol–water partition coefficient (Wildman–Crippen LogP) is 3.03. The molecule has 2 aliphatic carbocycles. The zero-order valence-electron chi connectivity index (χ0n) is 10.4. The average molecular weight is 234 g/mol. The Balaban J connectivity index is 1.71. The van der Waals surface area contributed by atoms with Crippen LogP contribution in [0.2, 0.25) is 0 Å². The summed E-state index contributed by atoms with van der Waals surface area (Å²) in [6, 6.07) is 0. The lowest BCUT2D eigenvalue weighted by Crippen LogP contribution is -2.28. The lowest BCUT2D eigenvalue weighted by Gasteiger charge is -2.19.